The molecule has 0 amide bonds. The Morgan fingerprint density at radius 2 is 1.09 bits per heavy atom. The Morgan fingerprint density at radius 3 is 1.91 bits per heavy atom. The molecule has 2 heteroatoms. The minimum Gasteiger partial charge on any atom is -0.399 e. The molecule has 6 rings (SSSR count). The van der Waals surface area contributed by atoms with Crippen molar-refractivity contribution in [1.82, 2.24) is 4.98 Å². The Hall–Kier alpha value is -4.30. The smallest absolute Gasteiger partial charge is 0.0544 e. The molecule has 0 atom stereocenters. The topological polar surface area (TPSA) is 41.8 Å². The molecule has 6 aromatic rings. The van der Waals surface area contributed by atoms with Gasteiger partial charge in [-0.25, -0.2) is 0 Å². The highest BCUT2D eigenvalue weighted by molar-refractivity contribution is 6.11. The van der Waals surface area contributed by atoms with Crippen LogP contribution in [0.2, 0.25) is 0 Å². The summed E-state index contributed by atoms with van der Waals surface area (Å²) >= 11 is 0. The molecule has 152 valence electrons. The summed E-state index contributed by atoms with van der Waals surface area (Å²) in [4.78, 5) is 3.61. The Kier molecular flexibility index (Phi) is 4.29. The van der Waals surface area contributed by atoms with Crippen LogP contribution in [0.5, 0.6) is 0 Å². The number of nitrogen functional groups attached to an aromatic ring is 1. The highest BCUT2D eigenvalue weighted by Crippen LogP contribution is 2.34. The Bertz CT molecular complexity index is 1570. The molecule has 0 saturated carbocycles. The predicted octanol–water partition coefficient (Wildman–Crippen LogP) is 7.90. The van der Waals surface area contributed by atoms with Crippen LogP contribution >= 0.6 is 0 Å². The maximum Gasteiger partial charge on any atom is 0.0544 e. The molecule has 0 bridgehead atoms. The largest absolute Gasteiger partial charge is 0.399 e. The van der Waals surface area contributed by atoms with Crippen molar-refractivity contribution in [3.05, 3.63) is 115 Å². The van der Waals surface area contributed by atoms with E-state index in [1.165, 1.54) is 49.6 Å². The molecule has 0 radical (unpaired) electrons. The Morgan fingerprint density at radius 1 is 0.469 bits per heavy atom. The predicted molar refractivity (Wildman–Crippen MR) is 137 cm³/mol. The molecule has 1 heterocycles. The lowest BCUT2D eigenvalue weighted by atomic mass is 9.96. The first-order chi connectivity index (χ1) is 15.8. The van der Waals surface area contributed by atoms with Gasteiger partial charge in [0.25, 0.3) is 0 Å². The van der Waals surface area contributed by atoms with Crippen LogP contribution < -0.4 is 5.73 Å². The fourth-order valence-electron chi connectivity index (χ4n) is 4.55. The van der Waals surface area contributed by atoms with E-state index < -0.39 is 0 Å². The average molecular weight is 411 g/mol. The molecule has 0 fully saturated rings. The number of fused-ring (bicyclic) bond motifs is 3. The van der Waals surface area contributed by atoms with Gasteiger partial charge in [-0.2, -0.15) is 0 Å². The number of aromatic nitrogens is 1. The Balaban J connectivity index is 1.39. The normalized spacial score (nSPS) is 11.2. The second-order valence-corrected chi connectivity index (χ2v) is 8.18. The highest BCUT2D eigenvalue weighted by Gasteiger charge is 2.10. The first-order valence-corrected chi connectivity index (χ1v) is 10.8. The van der Waals surface area contributed by atoms with Gasteiger partial charge in [0.05, 0.1) is 5.52 Å². The molecule has 0 spiro atoms. The van der Waals surface area contributed by atoms with Crippen LogP contribution in [0.1, 0.15) is 0 Å². The molecule has 2 nitrogen and oxygen atoms in total. The molecule has 0 aliphatic heterocycles. The van der Waals surface area contributed by atoms with Crippen molar-refractivity contribution in [3.8, 4) is 33.4 Å². The lowest BCUT2D eigenvalue weighted by Gasteiger charge is -2.09. The summed E-state index contributed by atoms with van der Waals surface area (Å²) in [6.07, 6.45) is 0. The minimum absolute atomic E-state index is 0.781. The SMILES string of the molecule is Nc1cccc(-c2cccc(-c3ccc(-c4cccc5c4[nH]c4ccccc45)cc3)c2)c1. The zero-order chi connectivity index (χ0) is 21.5. The number of nitrogens with two attached hydrogens (primary N) is 1. The van der Waals surface area contributed by atoms with Crippen molar-refractivity contribution >= 4 is 27.5 Å². The third-order valence-corrected chi connectivity index (χ3v) is 6.15. The van der Waals surface area contributed by atoms with E-state index in [9.17, 15) is 0 Å². The molecule has 5 aromatic carbocycles. The van der Waals surface area contributed by atoms with Crippen LogP contribution in [0.25, 0.3) is 55.2 Å². The molecule has 3 N–H and O–H groups in total. The monoisotopic (exact) mass is 410 g/mol. The lowest BCUT2D eigenvalue weighted by molar-refractivity contribution is 1.53. The number of hydrogen-bond acceptors (Lipinski definition) is 1. The number of rotatable bonds is 3. The van der Waals surface area contributed by atoms with Crippen molar-refractivity contribution in [2.24, 2.45) is 0 Å². The lowest BCUT2D eigenvalue weighted by Crippen LogP contribution is -1.86. The van der Waals surface area contributed by atoms with E-state index in [1.807, 2.05) is 18.2 Å². The van der Waals surface area contributed by atoms with Crippen LogP contribution in [-0.4, -0.2) is 4.98 Å². The highest BCUT2D eigenvalue weighted by atomic mass is 14.7. The van der Waals surface area contributed by atoms with Crippen molar-refractivity contribution in [1.29, 1.82) is 0 Å². The van der Waals surface area contributed by atoms with Crippen molar-refractivity contribution in [2.75, 3.05) is 5.73 Å². The second-order valence-electron chi connectivity index (χ2n) is 8.18. The Labute approximate surface area is 187 Å². The quantitative estimate of drug-likeness (QED) is 0.286. The third-order valence-electron chi connectivity index (χ3n) is 6.15. The van der Waals surface area contributed by atoms with Crippen LogP contribution in [0.3, 0.4) is 0 Å². The van der Waals surface area contributed by atoms with Crippen molar-refractivity contribution < 1.29 is 0 Å². The van der Waals surface area contributed by atoms with E-state index in [2.05, 4.69) is 102 Å². The first-order valence-electron chi connectivity index (χ1n) is 10.8. The van der Waals surface area contributed by atoms with E-state index in [1.54, 1.807) is 0 Å². The standard InChI is InChI=1S/C30H22N2/c31-25-9-4-8-24(19-25)23-7-3-6-22(18-23)20-14-16-21(17-15-20)26-11-5-12-28-27-10-1-2-13-29(27)32-30(26)28/h1-19,32H,31H2. The van der Waals surface area contributed by atoms with Crippen LogP contribution in [0.15, 0.2) is 115 Å². The molecule has 0 aliphatic carbocycles. The molecule has 1 aromatic heterocycles. The van der Waals surface area contributed by atoms with Gasteiger partial charge in [0.2, 0.25) is 0 Å². The summed E-state index contributed by atoms with van der Waals surface area (Å²) in [5, 5.41) is 2.52. The first kappa shape index (κ1) is 18.5. The molecule has 0 aliphatic rings. The van der Waals surface area contributed by atoms with Crippen molar-refractivity contribution in [3.63, 3.8) is 0 Å². The zero-order valence-electron chi connectivity index (χ0n) is 17.5. The van der Waals surface area contributed by atoms with Gasteiger partial charge in [-0.1, -0.05) is 91.0 Å². The van der Waals surface area contributed by atoms with Gasteiger partial charge in [0, 0.05) is 27.5 Å². The summed E-state index contributed by atoms with van der Waals surface area (Å²) in [5.41, 5.74) is 16.2. The van der Waals surface area contributed by atoms with Gasteiger partial charge in [0.15, 0.2) is 0 Å². The number of H-pyrrole nitrogens is 1. The fourth-order valence-corrected chi connectivity index (χ4v) is 4.55. The van der Waals surface area contributed by atoms with Crippen LogP contribution in [-0.2, 0) is 0 Å². The summed E-state index contributed by atoms with van der Waals surface area (Å²) in [5.74, 6) is 0. The van der Waals surface area contributed by atoms with Crippen molar-refractivity contribution in [2.45, 2.75) is 0 Å². The van der Waals surface area contributed by atoms with E-state index in [-0.39, 0.29) is 0 Å². The summed E-state index contributed by atoms with van der Waals surface area (Å²) in [6.45, 7) is 0. The van der Waals surface area contributed by atoms with Gasteiger partial charge in [-0.3, -0.25) is 0 Å². The summed E-state index contributed by atoms with van der Waals surface area (Å²) in [7, 11) is 0. The minimum atomic E-state index is 0.781. The van der Waals surface area contributed by atoms with Gasteiger partial charge in [0.1, 0.15) is 0 Å². The summed E-state index contributed by atoms with van der Waals surface area (Å²) in [6, 6.07) is 40.5. The van der Waals surface area contributed by atoms with E-state index in [0.29, 0.717) is 0 Å². The number of nitrogens with one attached hydrogen (secondary N) is 1. The molecule has 0 saturated heterocycles. The van der Waals surface area contributed by atoms with Gasteiger partial charge >= 0.3 is 0 Å². The number of hydrogen-bond donors (Lipinski definition) is 2. The molecule has 0 unspecified atom stereocenters. The number of para-hydroxylation sites is 2. The molecule has 32 heavy (non-hydrogen) atoms. The maximum atomic E-state index is 5.98. The fraction of sp³-hybridized carbons (Fsp3) is 0. The maximum absolute atomic E-state index is 5.98. The van der Waals surface area contributed by atoms with Crippen LogP contribution in [0, 0.1) is 0 Å². The summed E-state index contributed by atoms with van der Waals surface area (Å²) < 4.78 is 0. The molecular formula is C30H22N2. The average Bonchev–Trinajstić information content (AvgIpc) is 3.23. The third kappa shape index (κ3) is 3.14. The van der Waals surface area contributed by atoms with Crippen LogP contribution in [0.4, 0.5) is 5.69 Å². The number of benzene rings is 5. The van der Waals surface area contributed by atoms with Gasteiger partial charge < -0.3 is 10.7 Å². The van der Waals surface area contributed by atoms with E-state index in [0.717, 1.165) is 11.3 Å². The number of anilines is 1. The van der Waals surface area contributed by atoms with E-state index >= 15 is 0 Å². The zero-order valence-corrected chi connectivity index (χ0v) is 17.5. The van der Waals surface area contributed by atoms with Gasteiger partial charge in [-0.15, -0.1) is 0 Å². The number of aromatic amines is 1. The molecular weight excluding hydrogens is 388 g/mol. The second kappa shape index (κ2) is 7.44. The van der Waals surface area contributed by atoms with E-state index in [4.69, 9.17) is 5.73 Å². The van der Waals surface area contributed by atoms with Gasteiger partial charge in [-0.05, 0) is 52.1 Å².